The highest BCUT2D eigenvalue weighted by Gasteiger charge is 2.18. The van der Waals surface area contributed by atoms with E-state index in [9.17, 15) is 0 Å². The van der Waals surface area contributed by atoms with E-state index < -0.39 is 0 Å². The van der Waals surface area contributed by atoms with Crippen molar-refractivity contribution in [3.63, 3.8) is 0 Å². The predicted octanol–water partition coefficient (Wildman–Crippen LogP) is 10.5. The third-order valence-electron chi connectivity index (χ3n) is 6.81. The van der Waals surface area contributed by atoms with Crippen molar-refractivity contribution in [2.75, 3.05) is 0 Å². The number of pyridine rings is 2. The van der Waals surface area contributed by atoms with Crippen LogP contribution in [0.1, 0.15) is 0 Å². The molecule has 39 heavy (non-hydrogen) atoms. The van der Waals surface area contributed by atoms with E-state index in [0.717, 1.165) is 16.9 Å². The molecule has 0 unspecified atom stereocenters. The van der Waals surface area contributed by atoms with Gasteiger partial charge in [0, 0.05) is 41.4 Å². The Morgan fingerprint density at radius 1 is 0.538 bits per heavy atom. The van der Waals surface area contributed by atoms with Crippen LogP contribution >= 0.6 is 45.3 Å². The van der Waals surface area contributed by atoms with Gasteiger partial charge in [-0.25, -0.2) is 0 Å². The van der Waals surface area contributed by atoms with Crippen LogP contribution < -0.4 is 0 Å². The summed E-state index contributed by atoms with van der Waals surface area (Å²) in [5.74, 6) is 0. The fourth-order valence-corrected chi connectivity index (χ4v) is 8.71. The molecule has 0 amide bonds. The van der Waals surface area contributed by atoms with Crippen molar-refractivity contribution < 1.29 is 0 Å². The largest absolute Gasteiger partial charge is 0.299 e. The Bertz CT molecular complexity index is 2060. The van der Waals surface area contributed by atoms with E-state index in [1.807, 2.05) is 53.3 Å². The molecule has 0 saturated carbocycles. The Balaban J connectivity index is 1.33. The first-order valence-corrected chi connectivity index (χ1v) is 15.8. The summed E-state index contributed by atoms with van der Waals surface area (Å²) < 4.78 is 2.36. The fourth-order valence-electron chi connectivity index (χ4n) is 5.01. The van der Waals surface area contributed by atoms with Gasteiger partial charge in [-0.3, -0.25) is 14.5 Å². The summed E-state index contributed by atoms with van der Waals surface area (Å²) in [4.78, 5) is 15.9. The second kappa shape index (κ2) is 9.39. The lowest BCUT2D eigenvalue weighted by molar-refractivity contribution is 1.19. The van der Waals surface area contributed by atoms with Crippen LogP contribution in [0.2, 0.25) is 0 Å². The monoisotopic (exact) mass is 573 g/mol. The zero-order valence-electron chi connectivity index (χ0n) is 20.4. The first-order valence-electron chi connectivity index (χ1n) is 12.5. The summed E-state index contributed by atoms with van der Waals surface area (Å²) in [7, 11) is 0. The van der Waals surface area contributed by atoms with Crippen molar-refractivity contribution in [2.45, 2.75) is 0 Å². The van der Waals surface area contributed by atoms with Crippen molar-refractivity contribution >= 4 is 67.2 Å². The van der Waals surface area contributed by atoms with Crippen LogP contribution in [-0.4, -0.2) is 14.5 Å². The molecule has 1 aromatic carbocycles. The van der Waals surface area contributed by atoms with Crippen molar-refractivity contribution in [3.8, 4) is 46.3 Å². The molecule has 0 N–H and O–H groups in total. The SMILES string of the molecule is c1ccc(-c2cc3c4cc(-c5ccc(-c6cccs6)s5)ccc4n(-c4ccc(-c5cccs5)s4)c3cn2)nc1. The molecule has 7 aromatic heterocycles. The molecule has 0 spiro atoms. The van der Waals surface area contributed by atoms with E-state index >= 15 is 0 Å². The second-order valence-corrected chi connectivity index (χ2v) is 13.2. The minimum atomic E-state index is 0.881. The van der Waals surface area contributed by atoms with Gasteiger partial charge in [0.15, 0.2) is 0 Å². The van der Waals surface area contributed by atoms with Gasteiger partial charge in [0.1, 0.15) is 5.00 Å². The van der Waals surface area contributed by atoms with Crippen molar-refractivity contribution in [1.82, 2.24) is 14.5 Å². The zero-order valence-corrected chi connectivity index (χ0v) is 23.7. The van der Waals surface area contributed by atoms with Crippen LogP contribution in [0, 0.1) is 0 Å². The van der Waals surface area contributed by atoms with Crippen LogP contribution in [0.15, 0.2) is 114 Å². The third-order valence-corrected chi connectivity index (χ3v) is 11.1. The number of fused-ring (bicyclic) bond motifs is 3. The molecule has 0 aliphatic heterocycles. The molecular weight excluding hydrogens is 555 g/mol. The maximum absolute atomic E-state index is 4.85. The number of thiophene rings is 4. The Labute approximate surface area is 241 Å². The number of aromatic nitrogens is 3. The van der Waals surface area contributed by atoms with E-state index in [1.165, 1.54) is 51.2 Å². The van der Waals surface area contributed by atoms with Gasteiger partial charge < -0.3 is 0 Å². The van der Waals surface area contributed by atoms with Gasteiger partial charge in [0.25, 0.3) is 0 Å². The fraction of sp³-hybridized carbons (Fsp3) is 0. The lowest BCUT2D eigenvalue weighted by Gasteiger charge is -2.05. The molecule has 7 heteroatoms. The topological polar surface area (TPSA) is 30.7 Å². The Hall–Kier alpha value is -3.88. The Morgan fingerprint density at radius 2 is 1.31 bits per heavy atom. The zero-order chi connectivity index (χ0) is 25.8. The van der Waals surface area contributed by atoms with Gasteiger partial charge in [-0.2, -0.15) is 0 Å². The van der Waals surface area contributed by atoms with Crippen LogP contribution in [-0.2, 0) is 0 Å². The average Bonchev–Trinajstić information content (AvgIpc) is 3.81. The lowest BCUT2D eigenvalue weighted by atomic mass is 10.1. The molecule has 0 fully saturated rings. The van der Waals surface area contributed by atoms with E-state index in [0.29, 0.717) is 0 Å². The van der Waals surface area contributed by atoms with Crippen LogP contribution in [0.3, 0.4) is 0 Å². The first kappa shape index (κ1) is 23.0. The molecule has 8 rings (SSSR count). The molecule has 186 valence electrons. The van der Waals surface area contributed by atoms with Gasteiger partial charge >= 0.3 is 0 Å². The quantitative estimate of drug-likeness (QED) is 0.205. The van der Waals surface area contributed by atoms with Gasteiger partial charge in [-0.05, 0) is 83.1 Å². The summed E-state index contributed by atoms with van der Waals surface area (Å²) in [5, 5.41) is 7.86. The Morgan fingerprint density at radius 3 is 2.08 bits per heavy atom. The molecule has 3 nitrogen and oxygen atoms in total. The summed E-state index contributed by atoms with van der Waals surface area (Å²) in [6.45, 7) is 0. The highest BCUT2D eigenvalue weighted by molar-refractivity contribution is 7.23. The van der Waals surface area contributed by atoms with Gasteiger partial charge in [-0.1, -0.05) is 24.3 Å². The molecule has 0 aliphatic carbocycles. The van der Waals surface area contributed by atoms with Crippen molar-refractivity contribution in [3.05, 3.63) is 114 Å². The standard InChI is InChI=1S/C32H19N3S4/c1-2-14-33-23(5-1)24-18-22-21-17-20(27-10-11-30(38-27)28-6-3-15-36-28)8-9-25(21)35(26(22)19-34-24)32-13-12-31(39-32)29-7-4-16-37-29/h1-19H. The highest BCUT2D eigenvalue weighted by atomic mass is 32.1. The lowest BCUT2D eigenvalue weighted by Crippen LogP contribution is -1.91. The van der Waals surface area contributed by atoms with Gasteiger partial charge in [0.2, 0.25) is 0 Å². The number of hydrogen-bond donors (Lipinski definition) is 0. The predicted molar refractivity (Wildman–Crippen MR) is 170 cm³/mol. The maximum atomic E-state index is 4.85. The van der Waals surface area contributed by atoms with E-state index in [1.54, 1.807) is 22.7 Å². The first-order chi connectivity index (χ1) is 19.3. The van der Waals surface area contributed by atoms with Crippen LogP contribution in [0.5, 0.6) is 0 Å². The highest BCUT2D eigenvalue weighted by Crippen LogP contribution is 2.42. The minimum absolute atomic E-state index is 0.881. The third kappa shape index (κ3) is 3.97. The molecule has 8 aromatic rings. The molecular formula is C32H19N3S4. The Kier molecular flexibility index (Phi) is 5.55. The van der Waals surface area contributed by atoms with Gasteiger partial charge in [0.05, 0.1) is 28.6 Å². The number of hydrogen-bond acceptors (Lipinski definition) is 6. The number of rotatable bonds is 5. The number of benzene rings is 1. The molecule has 0 radical (unpaired) electrons. The van der Waals surface area contributed by atoms with Crippen molar-refractivity contribution in [1.29, 1.82) is 0 Å². The van der Waals surface area contributed by atoms with Crippen LogP contribution in [0.25, 0.3) is 68.1 Å². The van der Waals surface area contributed by atoms with E-state index in [-0.39, 0.29) is 0 Å². The average molecular weight is 574 g/mol. The molecule has 0 bridgehead atoms. The molecule has 0 atom stereocenters. The molecule has 7 heterocycles. The molecule has 0 aliphatic rings. The summed E-state index contributed by atoms with van der Waals surface area (Å²) in [5.41, 5.74) is 5.28. The van der Waals surface area contributed by atoms with Crippen LogP contribution in [0.4, 0.5) is 0 Å². The normalized spacial score (nSPS) is 11.6. The second-order valence-electron chi connectivity index (χ2n) is 9.13. The van der Waals surface area contributed by atoms with Crippen molar-refractivity contribution in [2.24, 2.45) is 0 Å². The van der Waals surface area contributed by atoms with E-state index in [2.05, 4.69) is 93.1 Å². The number of nitrogens with zero attached hydrogens (tertiary/aromatic N) is 3. The summed E-state index contributed by atoms with van der Waals surface area (Å²) >= 11 is 7.23. The molecule has 0 saturated heterocycles. The summed E-state index contributed by atoms with van der Waals surface area (Å²) in [6, 6.07) is 32.5. The smallest absolute Gasteiger partial charge is 0.101 e. The maximum Gasteiger partial charge on any atom is 0.101 e. The van der Waals surface area contributed by atoms with E-state index in [4.69, 9.17) is 4.98 Å². The minimum Gasteiger partial charge on any atom is -0.299 e. The summed E-state index contributed by atoms with van der Waals surface area (Å²) in [6.07, 6.45) is 3.83. The van der Waals surface area contributed by atoms with Gasteiger partial charge in [-0.15, -0.1) is 45.3 Å².